The number of benzene rings is 1. The fraction of sp³-hybridized carbons (Fsp3) is 0.250. The number of rotatable bonds is 5. The van der Waals surface area contributed by atoms with Crippen LogP contribution in [0.25, 0.3) is 0 Å². The van der Waals surface area contributed by atoms with Crippen molar-refractivity contribution in [3.63, 3.8) is 0 Å². The number of carbonyl (C=O) groups is 1. The summed E-state index contributed by atoms with van der Waals surface area (Å²) in [6.07, 6.45) is 0.827. The topological polar surface area (TPSA) is 42.4 Å². The van der Waals surface area contributed by atoms with Crippen molar-refractivity contribution in [2.75, 3.05) is 7.05 Å². The lowest BCUT2D eigenvalue weighted by Gasteiger charge is -2.22. The molecule has 0 spiro atoms. The molecule has 2 rings (SSSR count). The Bertz CT molecular complexity index is 650. The summed E-state index contributed by atoms with van der Waals surface area (Å²) < 4.78 is 31.3. The number of hydrogen-bond acceptors (Lipinski definition) is 3. The highest BCUT2D eigenvalue weighted by Crippen LogP contribution is 2.17. The molecule has 1 heterocycles. The predicted molar refractivity (Wildman–Crippen MR) is 77.2 cm³/mol. The second kappa shape index (κ2) is 6.98. The summed E-state index contributed by atoms with van der Waals surface area (Å²) in [5.74, 6) is -2.15. The van der Waals surface area contributed by atoms with Gasteiger partial charge in [-0.15, -0.1) is 0 Å². The van der Waals surface area contributed by atoms with Gasteiger partial charge in [0, 0.05) is 19.3 Å². The van der Waals surface area contributed by atoms with E-state index in [1.54, 1.807) is 26.2 Å². The standard InChI is InChI=1S/C16H16F2N2O2/c1-11(22-13-6-7-14(17)15(18)9-13)16(21)20(2)10-12-5-3-4-8-19-12/h3-9,11H,10H2,1-2H3/t11-/m0/s1. The molecule has 0 N–H and O–H groups in total. The Hall–Kier alpha value is -2.50. The molecule has 0 aliphatic rings. The Morgan fingerprint density at radius 3 is 2.68 bits per heavy atom. The number of pyridine rings is 1. The number of carbonyl (C=O) groups excluding carboxylic acids is 1. The summed E-state index contributed by atoms with van der Waals surface area (Å²) in [6, 6.07) is 8.59. The Balaban J connectivity index is 1.97. The maximum Gasteiger partial charge on any atom is 0.263 e. The Labute approximate surface area is 127 Å². The van der Waals surface area contributed by atoms with Crippen LogP contribution < -0.4 is 4.74 Å². The van der Waals surface area contributed by atoms with Crippen LogP contribution in [-0.4, -0.2) is 28.9 Å². The molecule has 2 aromatic rings. The first-order valence-electron chi connectivity index (χ1n) is 6.74. The summed E-state index contributed by atoms with van der Waals surface area (Å²) in [4.78, 5) is 17.8. The van der Waals surface area contributed by atoms with Crippen LogP contribution in [0.4, 0.5) is 8.78 Å². The zero-order chi connectivity index (χ0) is 16.1. The van der Waals surface area contributed by atoms with E-state index in [-0.39, 0.29) is 11.7 Å². The number of aromatic nitrogens is 1. The third kappa shape index (κ3) is 4.00. The van der Waals surface area contributed by atoms with Crippen LogP contribution >= 0.6 is 0 Å². The van der Waals surface area contributed by atoms with Gasteiger partial charge in [-0.25, -0.2) is 8.78 Å². The van der Waals surface area contributed by atoms with E-state index < -0.39 is 17.7 Å². The predicted octanol–water partition coefficient (Wildman–Crippen LogP) is 2.79. The first-order chi connectivity index (χ1) is 10.5. The van der Waals surface area contributed by atoms with Gasteiger partial charge >= 0.3 is 0 Å². The lowest BCUT2D eigenvalue weighted by Crippen LogP contribution is -2.37. The smallest absolute Gasteiger partial charge is 0.263 e. The maximum atomic E-state index is 13.1. The van der Waals surface area contributed by atoms with Gasteiger partial charge in [-0.3, -0.25) is 9.78 Å². The second-order valence-electron chi connectivity index (χ2n) is 4.85. The van der Waals surface area contributed by atoms with Gasteiger partial charge in [-0.2, -0.15) is 0 Å². The highest BCUT2D eigenvalue weighted by Gasteiger charge is 2.20. The summed E-state index contributed by atoms with van der Waals surface area (Å²) in [5, 5.41) is 0. The van der Waals surface area contributed by atoms with Crippen molar-refractivity contribution in [1.82, 2.24) is 9.88 Å². The molecule has 0 fully saturated rings. The van der Waals surface area contributed by atoms with Crippen molar-refractivity contribution in [2.24, 2.45) is 0 Å². The van der Waals surface area contributed by atoms with Crippen LogP contribution in [0, 0.1) is 11.6 Å². The van der Waals surface area contributed by atoms with E-state index in [1.165, 1.54) is 11.0 Å². The number of amides is 1. The maximum absolute atomic E-state index is 13.1. The molecule has 1 aromatic heterocycles. The first kappa shape index (κ1) is 15.9. The minimum absolute atomic E-state index is 0.103. The summed E-state index contributed by atoms with van der Waals surface area (Å²) in [6.45, 7) is 1.89. The molecule has 1 aromatic carbocycles. The van der Waals surface area contributed by atoms with Crippen LogP contribution in [-0.2, 0) is 11.3 Å². The molecule has 1 atom stereocenters. The molecule has 0 saturated carbocycles. The van der Waals surface area contributed by atoms with Gasteiger partial charge in [-0.05, 0) is 31.2 Å². The molecular formula is C16H16F2N2O2. The van der Waals surface area contributed by atoms with Crippen molar-refractivity contribution in [3.8, 4) is 5.75 Å². The molecule has 0 radical (unpaired) electrons. The van der Waals surface area contributed by atoms with Crippen LogP contribution in [0.15, 0.2) is 42.6 Å². The zero-order valence-electron chi connectivity index (χ0n) is 12.3. The highest BCUT2D eigenvalue weighted by molar-refractivity contribution is 5.80. The van der Waals surface area contributed by atoms with E-state index in [2.05, 4.69) is 4.98 Å². The number of halogens is 2. The summed E-state index contributed by atoms with van der Waals surface area (Å²) in [5.41, 5.74) is 0.748. The molecule has 22 heavy (non-hydrogen) atoms. The van der Waals surface area contributed by atoms with Crippen molar-refractivity contribution in [2.45, 2.75) is 19.6 Å². The largest absolute Gasteiger partial charge is 0.481 e. The van der Waals surface area contributed by atoms with Crippen LogP contribution in [0.1, 0.15) is 12.6 Å². The third-order valence-corrected chi connectivity index (χ3v) is 3.05. The Kier molecular flexibility index (Phi) is 5.04. The number of nitrogens with zero attached hydrogens (tertiary/aromatic N) is 2. The molecule has 0 aliphatic heterocycles. The molecule has 0 bridgehead atoms. The van der Waals surface area contributed by atoms with E-state index in [1.807, 2.05) is 12.1 Å². The van der Waals surface area contributed by atoms with E-state index in [9.17, 15) is 13.6 Å². The minimum atomic E-state index is -1.01. The number of likely N-dealkylation sites (N-methyl/N-ethyl adjacent to an activating group) is 1. The van der Waals surface area contributed by atoms with E-state index >= 15 is 0 Å². The average molecular weight is 306 g/mol. The molecule has 0 saturated heterocycles. The molecule has 116 valence electrons. The van der Waals surface area contributed by atoms with Gasteiger partial charge < -0.3 is 9.64 Å². The van der Waals surface area contributed by atoms with Crippen molar-refractivity contribution in [1.29, 1.82) is 0 Å². The zero-order valence-corrected chi connectivity index (χ0v) is 12.3. The number of hydrogen-bond donors (Lipinski definition) is 0. The first-order valence-corrected chi connectivity index (χ1v) is 6.74. The lowest BCUT2D eigenvalue weighted by atomic mass is 10.3. The number of ether oxygens (including phenoxy) is 1. The second-order valence-corrected chi connectivity index (χ2v) is 4.85. The van der Waals surface area contributed by atoms with E-state index in [4.69, 9.17) is 4.74 Å². The highest BCUT2D eigenvalue weighted by atomic mass is 19.2. The molecule has 0 aliphatic carbocycles. The molecule has 4 nitrogen and oxygen atoms in total. The SMILES string of the molecule is C[C@H](Oc1ccc(F)c(F)c1)C(=O)N(C)Cc1ccccn1. The quantitative estimate of drug-likeness (QED) is 0.853. The summed E-state index contributed by atoms with van der Waals surface area (Å²) >= 11 is 0. The monoisotopic (exact) mass is 306 g/mol. The normalized spacial score (nSPS) is 11.8. The summed E-state index contributed by atoms with van der Waals surface area (Å²) in [7, 11) is 1.63. The molecular weight excluding hydrogens is 290 g/mol. The Morgan fingerprint density at radius 1 is 1.27 bits per heavy atom. The van der Waals surface area contributed by atoms with E-state index in [0.29, 0.717) is 6.54 Å². The van der Waals surface area contributed by atoms with Gasteiger partial charge in [0.05, 0.1) is 12.2 Å². The van der Waals surface area contributed by atoms with Gasteiger partial charge in [0.1, 0.15) is 5.75 Å². The minimum Gasteiger partial charge on any atom is -0.481 e. The Morgan fingerprint density at radius 2 is 2.05 bits per heavy atom. The van der Waals surface area contributed by atoms with Crippen LogP contribution in [0.3, 0.4) is 0 Å². The molecule has 6 heteroatoms. The van der Waals surface area contributed by atoms with Gasteiger partial charge in [0.2, 0.25) is 0 Å². The van der Waals surface area contributed by atoms with Crippen molar-refractivity contribution >= 4 is 5.91 Å². The third-order valence-electron chi connectivity index (χ3n) is 3.05. The molecule has 1 amide bonds. The fourth-order valence-electron chi connectivity index (χ4n) is 1.93. The van der Waals surface area contributed by atoms with Crippen molar-refractivity contribution in [3.05, 3.63) is 59.9 Å². The van der Waals surface area contributed by atoms with Gasteiger partial charge in [0.25, 0.3) is 5.91 Å². The van der Waals surface area contributed by atoms with Gasteiger partial charge in [-0.1, -0.05) is 6.07 Å². The lowest BCUT2D eigenvalue weighted by molar-refractivity contribution is -0.137. The van der Waals surface area contributed by atoms with Crippen molar-refractivity contribution < 1.29 is 18.3 Å². The fourth-order valence-corrected chi connectivity index (χ4v) is 1.93. The van der Waals surface area contributed by atoms with Gasteiger partial charge in [0.15, 0.2) is 17.7 Å². The van der Waals surface area contributed by atoms with Crippen LogP contribution in [0.2, 0.25) is 0 Å². The average Bonchev–Trinajstić information content (AvgIpc) is 2.51. The molecule has 0 unspecified atom stereocenters. The van der Waals surface area contributed by atoms with Crippen LogP contribution in [0.5, 0.6) is 5.75 Å². The van der Waals surface area contributed by atoms with E-state index in [0.717, 1.165) is 17.8 Å².